The van der Waals surface area contributed by atoms with E-state index in [-0.39, 0.29) is 11.9 Å². The van der Waals surface area contributed by atoms with Crippen molar-refractivity contribution in [1.82, 2.24) is 10.6 Å². The van der Waals surface area contributed by atoms with Gasteiger partial charge >= 0.3 is 0 Å². The summed E-state index contributed by atoms with van der Waals surface area (Å²) in [7, 11) is 0. The molecule has 0 aromatic heterocycles. The molecular formula is C6H12N2O2. The van der Waals surface area contributed by atoms with Gasteiger partial charge in [-0.05, 0) is 13.0 Å². The number of amides is 1. The molecule has 0 saturated carbocycles. The van der Waals surface area contributed by atoms with E-state index >= 15 is 0 Å². The first-order chi connectivity index (χ1) is 4.70. The highest BCUT2D eigenvalue weighted by atomic mass is 16.3. The molecule has 1 saturated heterocycles. The number of rotatable bonds is 1. The first-order valence-electron chi connectivity index (χ1n) is 3.38. The Labute approximate surface area is 59.6 Å². The molecule has 3 N–H and O–H groups in total. The summed E-state index contributed by atoms with van der Waals surface area (Å²) in [5.41, 5.74) is 0. The van der Waals surface area contributed by atoms with Crippen molar-refractivity contribution < 1.29 is 9.90 Å². The maximum Gasteiger partial charge on any atom is 0.217 e. The van der Waals surface area contributed by atoms with Gasteiger partial charge in [-0.25, -0.2) is 0 Å². The molecule has 4 nitrogen and oxygen atoms in total. The van der Waals surface area contributed by atoms with Crippen LogP contribution >= 0.6 is 0 Å². The fraction of sp³-hybridized carbons (Fsp3) is 0.833. The zero-order chi connectivity index (χ0) is 7.56. The summed E-state index contributed by atoms with van der Waals surface area (Å²) in [6.45, 7) is 2.22. The Morgan fingerprint density at radius 2 is 2.50 bits per heavy atom. The van der Waals surface area contributed by atoms with Crippen LogP contribution in [-0.4, -0.2) is 29.8 Å². The molecule has 4 heteroatoms. The number of aliphatic hydroxyl groups is 1. The molecule has 0 bridgehead atoms. The molecule has 1 fully saturated rings. The highest BCUT2D eigenvalue weighted by molar-refractivity contribution is 5.73. The van der Waals surface area contributed by atoms with E-state index in [0.717, 1.165) is 13.0 Å². The minimum Gasteiger partial charge on any atom is -0.376 e. The van der Waals surface area contributed by atoms with Crippen molar-refractivity contribution in [2.45, 2.75) is 25.6 Å². The molecule has 2 unspecified atom stereocenters. The van der Waals surface area contributed by atoms with Gasteiger partial charge in [-0.1, -0.05) is 0 Å². The number of hydrogen-bond acceptors (Lipinski definition) is 3. The van der Waals surface area contributed by atoms with Crippen LogP contribution < -0.4 is 10.6 Å². The normalized spacial score (nSPS) is 32.2. The maximum absolute atomic E-state index is 10.5. The third-order valence-corrected chi connectivity index (χ3v) is 1.58. The summed E-state index contributed by atoms with van der Waals surface area (Å²) in [6.07, 6.45) is 0.240. The number of carbonyl (C=O) groups excluding carboxylic acids is 1. The molecule has 0 radical (unpaired) electrons. The first-order valence-corrected chi connectivity index (χ1v) is 3.38. The van der Waals surface area contributed by atoms with Gasteiger partial charge in [0.2, 0.25) is 5.91 Å². The lowest BCUT2D eigenvalue weighted by molar-refractivity contribution is -0.120. The standard InChI is InChI=1S/C6H12N2O2/c1-4(9)8-5-2-3-7-6(5)10/h5-7,10H,2-3H2,1H3,(H,8,9). The van der Waals surface area contributed by atoms with Crippen molar-refractivity contribution in [3.8, 4) is 0 Å². The second-order valence-electron chi connectivity index (χ2n) is 2.49. The van der Waals surface area contributed by atoms with Crippen LogP contribution in [0.5, 0.6) is 0 Å². The van der Waals surface area contributed by atoms with Crippen LogP contribution in [0.4, 0.5) is 0 Å². The number of aliphatic hydroxyl groups excluding tert-OH is 1. The van der Waals surface area contributed by atoms with E-state index in [2.05, 4.69) is 10.6 Å². The van der Waals surface area contributed by atoms with Gasteiger partial charge in [0.05, 0.1) is 6.04 Å². The molecule has 58 valence electrons. The Morgan fingerprint density at radius 1 is 1.80 bits per heavy atom. The Hall–Kier alpha value is -0.610. The van der Waals surface area contributed by atoms with Gasteiger partial charge in [0, 0.05) is 6.92 Å². The Kier molecular flexibility index (Phi) is 2.24. The van der Waals surface area contributed by atoms with E-state index in [0.29, 0.717) is 0 Å². The van der Waals surface area contributed by atoms with E-state index in [4.69, 9.17) is 5.11 Å². The van der Waals surface area contributed by atoms with Crippen LogP contribution in [0.25, 0.3) is 0 Å². The lowest BCUT2D eigenvalue weighted by atomic mass is 10.2. The third kappa shape index (κ3) is 1.68. The van der Waals surface area contributed by atoms with Gasteiger partial charge in [-0.15, -0.1) is 0 Å². The van der Waals surface area contributed by atoms with Crippen LogP contribution in [0.2, 0.25) is 0 Å². The minimum atomic E-state index is -0.566. The lowest BCUT2D eigenvalue weighted by Gasteiger charge is -2.13. The van der Waals surface area contributed by atoms with Crippen molar-refractivity contribution in [2.75, 3.05) is 6.54 Å². The van der Waals surface area contributed by atoms with Gasteiger partial charge in [0.25, 0.3) is 0 Å². The van der Waals surface area contributed by atoms with Gasteiger partial charge < -0.3 is 10.4 Å². The molecule has 2 atom stereocenters. The summed E-state index contributed by atoms with van der Waals surface area (Å²) < 4.78 is 0. The molecule has 10 heavy (non-hydrogen) atoms. The monoisotopic (exact) mass is 144 g/mol. The average molecular weight is 144 g/mol. The predicted octanol–water partition coefficient (Wildman–Crippen LogP) is -1.20. The predicted molar refractivity (Wildman–Crippen MR) is 36.2 cm³/mol. The molecular weight excluding hydrogens is 132 g/mol. The fourth-order valence-electron chi connectivity index (χ4n) is 1.10. The Balaban J connectivity index is 2.33. The summed E-state index contributed by atoms with van der Waals surface area (Å²) in [4.78, 5) is 10.5. The highest BCUT2D eigenvalue weighted by Gasteiger charge is 2.24. The molecule has 1 heterocycles. The van der Waals surface area contributed by atoms with E-state index < -0.39 is 6.23 Å². The largest absolute Gasteiger partial charge is 0.376 e. The first kappa shape index (κ1) is 7.50. The quantitative estimate of drug-likeness (QED) is 0.433. The van der Waals surface area contributed by atoms with Gasteiger partial charge in [-0.2, -0.15) is 0 Å². The summed E-state index contributed by atoms with van der Waals surface area (Å²) in [5, 5.41) is 14.6. The number of hydrogen-bond donors (Lipinski definition) is 3. The van der Waals surface area contributed by atoms with E-state index in [1.807, 2.05) is 0 Å². The second kappa shape index (κ2) is 2.98. The average Bonchev–Trinajstić information content (AvgIpc) is 2.15. The zero-order valence-electron chi connectivity index (χ0n) is 5.92. The second-order valence-corrected chi connectivity index (χ2v) is 2.49. The van der Waals surface area contributed by atoms with Crippen LogP contribution in [-0.2, 0) is 4.79 Å². The molecule has 1 amide bonds. The van der Waals surface area contributed by atoms with Crippen LogP contribution in [0.15, 0.2) is 0 Å². The smallest absolute Gasteiger partial charge is 0.217 e. The van der Waals surface area contributed by atoms with Crippen molar-refractivity contribution in [1.29, 1.82) is 0 Å². The molecule has 0 aliphatic carbocycles. The minimum absolute atomic E-state index is 0.0900. The van der Waals surface area contributed by atoms with Gasteiger partial charge in [0.15, 0.2) is 0 Å². The van der Waals surface area contributed by atoms with Gasteiger partial charge in [-0.3, -0.25) is 10.1 Å². The SMILES string of the molecule is CC(=O)NC1CCNC1O. The van der Waals surface area contributed by atoms with Crippen LogP contribution in [0.3, 0.4) is 0 Å². The van der Waals surface area contributed by atoms with Crippen molar-refractivity contribution in [3.63, 3.8) is 0 Å². The maximum atomic E-state index is 10.5. The van der Waals surface area contributed by atoms with E-state index in [1.165, 1.54) is 6.92 Å². The third-order valence-electron chi connectivity index (χ3n) is 1.58. The summed E-state index contributed by atoms with van der Waals surface area (Å²) >= 11 is 0. The summed E-state index contributed by atoms with van der Waals surface area (Å²) in [6, 6.07) is -0.0995. The topological polar surface area (TPSA) is 61.4 Å². The van der Waals surface area contributed by atoms with Crippen molar-refractivity contribution in [2.24, 2.45) is 0 Å². The molecule has 1 rings (SSSR count). The molecule has 1 aliphatic heterocycles. The molecule has 0 spiro atoms. The van der Waals surface area contributed by atoms with E-state index in [9.17, 15) is 4.79 Å². The highest BCUT2D eigenvalue weighted by Crippen LogP contribution is 2.02. The molecule has 1 aliphatic rings. The van der Waals surface area contributed by atoms with Gasteiger partial charge in [0.1, 0.15) is 6.23 Å². The lowest BCUT2D eigenvalue weighted by Crippen LogP contribution is -2.42. The van der Waals surface area contributed by atoms with Crippen molar-refractivity contribution in [3.05, 3.63) is 0 Å². The summed E-state index contributed by atoms with van der Waals surface area (Å²) in [5.74, 6) is -0.0900. The zero-order valence-corrected chi connectivity index (χ0v) is 5.92. The molecule has 0 aromatic carbocycles. The van der Waals surface area contributed by atoms with Crippen LogP contribution in [0.1, 0.15) is 13.3 Å². The Morgan fingerprint density at radius 3 is 2.90 bits per heavy atom. The molecule has 0 aromatic rings. The van der Waals surface area contributed by atoms with E-state index in [1.54, 1.807) is 0 Å². The fourth-order valence-corrected chi connectivity index (χ4v) is 1.10. The Bertz CT molecular complexity index is 138. The number of nitrogens with one attached hydrogen (secondary N) is 2. The van der Waals surface area contributed by atoms with Crippen molar-refractivity contribution >= 4 is 5.91 Å². The van der Waals surface area contributed by atoms with Crippen LogP contribution in [0, 0.1) is 0 Å². The number of carbonyl (C=O) groups is 1.